The molecule has 9 heteroatoms. The maximum absolute atomic E-state index is 12.1. The van der Waals surface area contributed by atoms with Gasteiger partial charge < -0.3 is 10.6 Å². The van der Waals surface area contributed by atoms with Gasteiger partial charge in [0.25, 0.3) is 0 Å². The SMILES string of the molecule is CCCNc1nc(SC)nc2c1cnn2CCNC(=O)CCSc1ccccc1. The lowest BCUT2D eigenvalue weighted by atomic mass is 10.3. The summed E-state index contributed by atoms with van der Waals surface area (Å²) in [5.41, 5.74) is 0.789. The molecule has 2 aromatic heterocycles. The fourth-order valence-corrected chi connectivity index (χ4v) is 3.97. The Labute approximate surface area is 179 Å². The Hall–Kier alpha value is -2.26. The van der Waals surface area contributed by atoms with E-state index in [2.05, 4.69) is 44.8 Å². The molecule has 1 amide bonds. The first-order valence-electron chi connectivity index (χ1n) is 9.67. The van der Waals surface area contributed by atoms with E-state index in [9.17, 15) is 4.79 Å². The normalized spacial score (nSPS) is 11.0. The van der Waals surface area contributed by atoms with Crippen LogP contribution in [0.25, 0.3) is 11.0 Å². The van der Waals surface area contributed by atoms with Crippen molar-refractivity contribution < 1.29 is 4.79 Å². The molecular formula is C20H26N6OS2. The summed E-state index contributed by atoms with van der Waals surface area (Å²) in [7, 11) is 0. The fourth-order valence-electron chi connectivity index (χ4n) is 2.74. The van der Waals surface area contributed by atoms with Crippen molar-refractivity contribution in [3.05, 3.63) is 36.5 Å². The van der Waals surface area contributed by atoms with E-state index in [1.54, 1.807) is 18.0 Å². The third-order valence-electron chi connectivity index (χ3n) is 4.19. The lowest BCUT2D eigenvalue weighted by Crippen LogP contribution is -2.27. The first-order chi connectivity index (χ1) is 14.2. The zero-order valence-electron chi connectivity index (χ0n) is 16.7. The molecule has 1 aromatic carbocycles. The minimum absolute atomic E-state index is 0.0506. The Morgan fingerprint density at radius 3 is 2.76 bits per heavy atom. The molecule has 0 radical (unpaired) electrons. The maximum atomic E-state index is 12.1. The second kappa shape index (κ2) is 11.1. The average molecular weight is 431 g/mol. The molecule has 0 aliphatic heterocycles. The van der Waals surface area contributed by atoms with Gasteiger partial charge in [-0.2, -0.15) is 5.10 Å². The van der Waals surface area contributed by atoms with E-state index in [1.165, 1.54) is 16.7 Å². The third kappa shape index (κ3) is 6.11. The van der Waals surface area contributed by atoms with Crippen molar-refractivity contribution in [1.29, 1.82) is 0 Å². The van der Waals surface area contributed by atoms with Crippen molar-refractivity contribution in [2.75, 3.05) is 30.4 Å². The second-order valence-corrected chi connectivity index (χ2v) is 8.29. The van der Waals surface area contributed by atoms with Gasteiger partial charge in [0.05, 0.1) is 18.1 Å². The molecule has 0 atom stereocenters. The van der Waals surface area contributed by atoms with Gasteiger partial charge in [-0.1, -0.05) is 36.9 Å². The van der Waals surface area contributed by atoms with Crippen molar-refractivity contribution in [3.8, 4) is 0 Å². The highest BCUT2D eigenvalue weighted by molar-refractivity contribution is 7.99. The number of carbonyl (C=O) groups is 1. The summed E-state index contributed by atoms with van der Waals surface area (Å²) in [5.74, 6) is 1.63. The number of benzene rings is 1. The minimum atomic E-state index is 0.0506. The maximum Gasteiger partial charge on any atom is 0.220 e. The standard InChI is InChI=1S/C20H26N6OS2/c1-3-10-22-18-16-14-23-26(19(16)25-20(24-18)28-2)12-11-21-17(27)9-13-29-15-7-5-4-6-8-15/h4-8,14H,3,9-13H2,1-2H3,(H,21,27)(H,22,24,25). The van der Waals surface area contributed by atoms with E-state index in [1.807, 2.05) is 29.1 Å². The van der Waals surface area contributed by atoms with Crippen LogP contribution in [0.4, 0.5) is 5.82 Å². The Kier molecular flexibility index (Phi) is 8.18. The highest BCUT2D eigenvalue weighted by Gasteiger charge is 2.12. The Bertz CT molecular complexity index is 931. The van der Waals surface area contributed by atoms with Gasteiger partial charge in [0, 0.05) is 30.2 Å². The van der Waals surface area contributed by atoms with Crippen molar-refractivity contribution in [2.45, 2.75) is 36.4 Å². The summed E-state index contributed by atoms with van der Waals surface area (Å²) >= 11 is 3.19. The summed E-state index contributed by atoms with van der Waals surface area (Å²) < 4.78 is 1.83. The van der Waals surface area contributed by atoms with Crippen LogP contribution in [0.3, 0.4) is 0 Å². The largest absolute Gasteiger partial charge is 0.369 e. The fraction of sp³-hybridized carbons (Fsp3) is 0.400. The molecule has 2 N–H and O–H groups in total. The van der Waals surface area contributed by atoms with Crippen molar-refractivity contribution in [1.82, 2.24) is 25.1 Å². The summed E-state index contributed by atoms with van der Waals surface area (Å²) in [6.07, 6.45) is 5.25. The van der Waals surface area contributed by atoms with Crippen LogP contribution in [0.5, 0.6) is 0 Å². The predicted molar refractivity (Wildman–Crippen MR) is 121 cm³/mol. The van der Waals surface area contributed by atoms with Gasteiger partial charge in [-0.3, -0.25) is 4.79 Å². The quantitative estimate of drug-likeness (QED) is 0.355. The van der Waals surface area contributed by atoms with Gasteiger partial charge in [-0.05, 0) is 24.8 Å². The molecule has 29 heavy (non-hydrogen) atoms. The molecule has 3 aromatic rings. The lowest BCUT2D eigenvalue weighted by Gasteiger charge is -2.09. The predicted octanol–water partition coefficient (Wildman–Crippen LogP) is 3.67. The Morgan fingerprint density at radius 2 is 2.00 bits per heavy atom. The topological polar surface area (TPSA) is 84.7 Å². The number of carbonyl (C=O) groups excluding carboxylic acids is 1. The smallest absolute Gasteiger partial charge is 0.220 e. The number of hydrogen-bond acceptors (Lipinski definition) is 7. The van der Waals surface area contributed by atoms with E-state index < -0.39 is 0 Å². The Balaban J connectivity index is 1.53. The number of aromatic nitrogens is 4. The Morgan fingerprint density at radius 1 is 1.17 bits per heavy atom. The molecule has 154 valence electrons. The van der Waals surface area contributed by atoms with Crippen LogP contribution in [-0.2, 0) is 11.3 Å². The molecule has 0 bridgehead atoms. The van der Waals surface area contributed by atoms with Gasteiger partial charge in [-0.25, -0.2) is 14.6 Å². The highest BCUT2D eigenvalue weighted by atomic mass is 32.2. The molecule has 0 fully saturated rings. The third-order valence-corrected chi connectivity index (χ3v) is 5.75. The van der Waals surface area contributed by atoms with Crippen LogP contribution in [0.2, 0.25) is 0 Å². The molecule has 3 rings (SSSR count). The number of thioether (sulfide) groups is 2. The van der Waals surface area contributed by atoms with Gasteiger partial charge in [0.1, 0.15) is 5.82 Å². The number of amides is 1. The first-order valence-corrected chi connectivity index (χ1v) is 11.9. The van der Waals surface area contributed by atoms with E-state index >= 15 is 0 Å². The van der Waals surface area contributed by atoms with Crippen LogP contribution < -0.4 is 10.6 Å². The number of rotatable bonds is 11. The van der Waals surface area contributed by atoms with Crippen molar-refractivity contribution >= 4 is 46.3 Å². The van der Waals surface area contributed by atoms with Crippen LogP contribution in [-0.4, -0.2) is 50.8 Å². The van der Waals surface area contributed by atoms with Gasteiger partial charge in [0.2, 0.25) is 5.91 Å². The monoisotopic (exact) mass is 430 g/mol. The van der Waals surface area contributed by atoms with Gasteiger partial charge in [-0.15, -0.1) is 11.8 Å². The molecule has 7 nitrogen and oxygen atoms in total. The molecular weight excluding hydrogens is 404 g/mol. The average Bonchev–Trinajstić information content (AvgIpc) is 3.15. The molecule has 0 saturated carbocycles. The van der Waals surface area contributed by atoms with E-state index in [-0.39, 0.29) is 5.91 Å². The van der Waals surface area contributed by atoms with Crippen LogP contribution >= 0.6 is 23.5 Å². The molecule has 0 saturated heterocycles. The molecule has 0 aliphatic rings. The number of nitrogens with one attached hydrogen (secondary N) is 2. The summed E-state index contributed by atoms with van der Waals surface area (Å²) in [6, 6.07) is 10.1. The van der Waals surface area contributed by atoms with E-state index in [4.69, 9.17) is 0 Å². The lowest BCUT2D eigenvalue weighted by molar-refractivity contribution is -0.120. The zero-order valence-corrected chi connectivity index (χ0v) is 18.4. The molecule has 0 aliphatic carbocycles. The van der Waals surface area contributed by atoms with Gasteiger partial charge in [0.15, 0.2) is 10.8 Å². The first kappa shape index (κ1) is 21.4. The number of fused-ring (bicyclic) bond motifs is 1. The summed E-state index contributed by atoms with van der Waals surface area (Å²) in [6.45, 7) is 4.05. The molecule has 2 heterocycles. The van der Waals surface area contributed by atoms with E-state index in [0.29, 0.717) is 24.7 Å². The minimum Gasteiger partial charge on any atom is -0.369 e. The van der Waals surface area contributed by atoms with Crippen LogP contribution in [0.1, 0.15) is 19.8 Å². The highest BCUT2D eigenvalue weighted by Crippen LogP contribution is 2.23. The molecule has 0 spiro atoms. The van der Waals surface area contributed by atoms with Gasteiger partial charge >= 0.3 is 0 Å². The van der Waals surface area contributed by atoms with Crippen molar-refractivity contribution in [2.24, 2.45) is 0 Å². The van der Waals surface area contributed by atoms with Crippen LogP contribution in [0.15, 0.2) is 46.6 Å². The molecule has 0 unspecified atom stereocenters. The van der Waals surface area contributed by atoms with Crippen molar-refractivity contribution in [3.63, 3.8) is 0 Å². The number of nitrogens with zero attached hydrogens (tertiary/aromatic N) is 4. The summed E-state index contributed by atoms with van der Waals surface area (Å²) in [5, 5.41) is 12.4. The second-order valence-electron chi connectivity index (χ2n) is 6.35. The zero-order chi connectivity index (χ0) is 20.5. The van der Waals surface area contributed by atoms with E-state index in [0.717, 1.165) is 35.6 Å². The number of hydrogen-bond donors (Lipinski definition) is 2. The van der Waals surface area contributed by atoms with Crippen LogP contribution in [0, 0.1) is 0 Å². The number of anilines is 1. The summed E-state index contributed by atoms with van der Waals surface area (Å²) in [4.78, 5) is 22.4.